The number of benzene rings is 1. The SMILES string of the molecule is CCC(NC1CCCC1)C(=O)c1ccc(O)c(O)c1. The Kier molecular flexibility index (Phi) is 4.43. The Morgan fingerprint density at radius 1 is 1.32 bits per heavy atom. The molecule has 0 bridgehead atoms. The average Bonchev–Trinajstić information content (AvgIpc) is 2.91. The van der Waals surface area contributed by atoms with Crippen LogP contribution in [-0.2, 0) is 0 Å². The zero-order valence-electron chi connectivity index (χ0n) is 11.2. The molecule has 3 N–H and O–H groups in total. The second kappa shape index (κ2) is 6.06. The Labute approximate surface area is 113 Å². The second-order valence-electron chi connectivity index (χ2n) is 5.18. The van der Waals surface area contributed by atoms with E-state index in [-0.39, 0.29) is 23.3 Å². The maximum absolute atomic E-state index is 12.4. The van der Waals surface area contributed by atoms with Crippen LogP contribution in [-0.4, -0.2) is 28.1 Å². The first-order valence-electron chi connectivity index (χ1n) is 6.94. The van der Waals surface area contributed by atoms with Crippen molar-refractivity contribution < 1.29 is 15.0 Å². The minimum atomic E-state index is -0.249. The Hall–Kier alpha value is -1.55. The molecule has 1 atom stereocenters. The van der Waals surface area contributed by atoms with Crippen molar-refractivity contribution in [1.29, 1.82) is 0 Å². The normalized spacial score (nSPS) is 17.5. The monoisotopic (exact) mass is 263 g/mol. The largest absolute Gasteiger partial charge is 0.504 e. The van der Waals surface area contributed by atoms with Gasteiger partial charge in [-0.05, 0) is 37.5 Å². The molecule has 0 heterocycles. The topological polar surface area (TPSA) is 69.6 Å². The molecule has 1 fully saturated rings. The highest BCUT2D eigenvalue weighted by molar-refractivity contribution is 6.00. The number of phenolic OH excluding ortho intramolecular Hbond substituents is 2. The van der Waals surface area contributed by atoms with E-state index in [4.69, 9.17) is 0 Å². The van der Waals surface area contributed by atoms with Gasteiger partial charge in [-0.25, -0.2) is 0 Å². The first kappa shape index (κ1) is 13.9. The molecular weight excluding hydrogens is 242 g/mol. The second-order valence-corrected chi connectivity index (χ2v) is 5.18. The maximum atomic E-state index is 12.4. The number of carbonyl (C=O) groups is 1. The molecule has 0 amide bonds. The first-order valence-corrected chi connectivity index (χ1v) is 6.94. The Morgan fingerprint density at radius 2 is 2.00 bits per heavy atom. The predicted molar refractivity (Wildman–Crippen MR) is 73.6 cm³/mol. The summed E-state index contributed by atoms with van der Waals surface area (Å²) in [7, 11) is 0. The van der Waals surface area contributed by atoms with Gasteiger partial charge in [0.05, 0.1) is 6.04 Å². The van der Waals surface area contributed by atoms with Crippen LogP contribution in [0.25, 0.3) is 0 Å². The van der Waals surface area contributed by atoms with Gasteiger partial charge in [0, 0.05) is 11.6 Å². The molecule has 1 saturated carbocycles. The summed E-state index contributed by atoms with van der Waals surface area (Å²) in [5.74, 6) is -0.473. The lowest BCUT2D eigenvalue weighted by molar-refractivity contribution is 0.0933. The molecule has 104 valence electrons. The number of ketones is 1. The highest BCUT2D eigenvalue weighted by Crippen LogP contribution is 2.26. The minimum Gasteiger partial charge on any atom is -0.504 e. The molecule has 4 nitrogen and oxygen atoms in total. The standard InChI is InChI=1S/C15H21NO3/c1-2-12(16-11-5-3-4-6-11)15(19)10-7-8-13(17)14(18)9-10/h7-9,11-12,16-18H,2-6H2,1H3. The summed E-state index contributed by atoms with van der Waals surface area (Å²) >= 11 is 0. The summed E-state index contributed by atoms with van der Waals surface area (Å²) < 4.78 is 0. The van der Waals surface area contributed by atoms with Gasteiger partial charge < -0.3 is 15.5 Å². The zero-order chi connectivity index (χ0) is 13.8. The van der Waals surface area contributed by atoms with Gasteiger partial charge in [0.2, 0.25) is 0 Å². The van der Waals surface area contributed by atoms with Crippen LogP contribution >= 0.6 is 0 Å². The van der Waals surface area contributed by atoms with Gasteiger partial charge in [-0.3, -0.25) is 4.79 Å². The molecule has 0 aliphatic heterocycles. The molecular formula is C15H21NO3. The number of phenols is 2. The molecule has 1 unspecified atom stereocenters. The summed E-state index contributed by atoms with van der Waals surface area (Å²) in [5.41, 5.74) is 0.438. The maximum Gasteiger partial charge on any atom is 0.179 e. The van der Waals surface area contributed by atoms with Crippen LogP contribution in [0.5, 0.6) is 11.5 Å². The third-order valence-electron chi connectivity index (χ3n) is 3.78. The van der Waals surface area contributed by atoms with E-state index in [9.17, 15) is 15.0 Å². The van der Waals surface area contributed by atoms with E-state index >= 15 is 0 Å². The predicted octanol–water partition coefficient (Wildman–Crippen LogP) is 2.59. The molecule has 2 rings (SSSR count). The van der Waals surface area contributed by atoms with Crippen molar-refractivity contribution in [3.8, 4) is 11.5 Å². The van der Waals surface area contributed by atoms with Crippen molar-refractivity contribution in [2.24, 2.45) is 0 Å². The minimum absolute atomic E-state index is 0.0234. The summed E-state index contributed by atoms with van der Waals surface area (Å²) in [6.07, 6.45) is 5.43. The average molecular weight is 263 g/mol. The van der Waals surface area contributed by atoms with Crippen LogP contribution < -0.4 is 5.32 Å². The smallest absolute Gasteiger partial charge is 0.179 e. The summed E-state index contributed by atoms with van der Waals surface area (Å²) in [5, 5.41) is 22.1. The lowest BCUT2D eigenvalue weighted by atomic mass is 10.0. The summed E-state index contributed by atoms with van der Waals surface area (Å²) in [6, 6.07) is 4.45. The molecule has 1 aromatic rings. The number of aromatic hydroxyl groups is 2. The van der Waals surface area contributed by atoms with E-state index in [0.29, 0.717) is 11.6 Å². The van der Waals surface area contributed by atoms with Crippen molar-refractivity contribution in [1.82, 2.24) is 5.32 Å². The fourth-order valence-corrected chi connectivity index (χ4v) is 2.63. The van der Waals surface area contributed by atoms with E-state index < -0.39 is 0 Å². The van der Waals surface area contributed by atoms with Gasteiger partial charge in [-0.15, -0.1) is 0 Å². The van der Waals surface area contributed by atoms with Gasteiger partial charge in [-0.2, -0.15) is 0 Å². The van der Waals surface area contributed by atoms with Gasteiger partial charge in [0.1, 0.15) is 0 Å². The molecule has 0 saturated heterocycles. The zero-order valence-corrected chi connectivity index (χ0v) is 11.2. The number of Topliss-reactive ketones (excluding diaryl/α,β-unsaturated/α-hetero) is 1. The van der Waals surface area contributed by atoms with E-state index in [2.05, 4.69) is 5.32 Å². The fraction of sp³-hybridized carbons (Fsp3) is 0.533. The third kappa shape index (κ3) is 3.26. The molecule has 1 aromatic carbocycles. The van der Waals surface area contributed by atoms with Crippen molar-refractivity contribution in [3.05, 3.63) is 23.8 Å². The Balaban J connectivity index is 2.08. The fourth-order valence-electron chi connectivity index (χ4n) is 2.63. The van der Waals surface area contributed by atoms with Crippen molar-refractivity contribution in [2.75, 3.05) is 0 Å². The lowest BCUT2D eigenvalue weighted by Gasteiger charge is -2.20. The number of hydrogen-bond acceptors (Lipinski definition) is 4. The number of rotatable bonds is 5. The molecule has 19 heavy (non-hydrogen) atoms. The van der Waals surface area contributed by atoms with Crippen molar-refractivity contribution in [2.45, 2.75) is 51.1 Å². The van der Waals surface area contributed by atoms with Crippen LogP contribution in [0, 0.1) is 0 Å². The van der Waals surface area contributed by atoms with Crippen LogP contribution in [0.15, 0.2) is 18.2 Å². The van der Waals surface area contributed by atoms with Crippen molar-refractivity contribution >= 4 is 5.78 Å². The van der Waals surface area contributed by atoms with E-state index in [1.54, 1.807) is 6.07 Å². The molecule has 1 aliphatic carbocycles. The molecule has 1 aliphatic rings. The van der Waals surface area contributed by atoms with Gasteiger partial charge in [-0.1, -0.05) is 19.8 Å². The van der Waals surface area contributed by atoms with Gasteiger partial charge in [0.15, 0.2) is 17.3 Å². The lowest BCUT2D eigenvalue weighted by Crippen LogP contribution is -2.41. The Bertz CT molecular complexity index is 453. The summed E-state index contributed by atoms with van der Waals surface area (Å²) in [4.78, 5) is 12.4. The van der Waals surface area contributed by atoms with Crippen LogP contribution in [0.3, 0.4) is 0 Å². The van der Waals surface area contributed by atoms with E-state index in [1.165, 1.54) is 25.0 Å². The first-order chi connectivity index (χ1) is 9.11. The van der Waals surface area contributed by atoms with Crippen LogP contribution in [0.1, 0.15) is 49.4 Å². The molecule has 0 radical (unpaired) electrons. The number of hydrogen-bond donors (Lipinski definition) is 3. The quantitative estimate of drug-likeness (QED) is 0.564. The molecule has 0 aromatic heterocycles. The highest BCUT2D eigenvalue weighted by Gasteiger charge is 2.24. The summed E-state index contributed by atoms with van der Waals surface area (Å²) in [6.45, 7) is 1.98. The van der Waals surface area contributed by atoms with Gasteiger partial charge in [0.25, 0.3) is 0 Å². The molecule has 4 heteroatoms. The van der Waals surface area contributed by atoms with Gasteiger partial charge >= 0.3 is 0 Å². The number of carbonyl (C=O) groups excluding carboxylic acids is 1. The van der Waals surface area contributed by atoms with Crippen molar-refractivity contribution in [3.63, 3.8) is 0 Å². The van der Waals surface area contributed by atoms with E-state index in [1.807, 2.05) is 6.92 Å². The Morgan fingerprint density at radius 3 is 2.58 bits per heavy atom. The van der Waals surface area contributed by atoms with Crippen LogP contribution in [0.4, 0.5) is 0 Å². The molecule has 0 spiro atoms. The van der Waals surface area contributed by atoms with Crippen LogP contribution in [0.2, 0.25) is 0 Å². The van der Waals surface area contributed by atoms with E-state index in [0.717, 1.165) is 19.3 Å². The highest BCUT2D eigenvalue weighted by atomic mass is 16.3. The third-order valence-corrected chi connectivity index (χ3v) is 3.78. The number of nitrogens with one attached hydrogen (secondary N) is 1.